The van der Waals surface area contributed by atoms with Crippen molar-refractivity contribution in [2.24, 2.45) is 5.92 Å². The summed E-state index contributed by atoms with van der Waals surface area (Å²) in [6.45, 7) is 6.64. The lowest BCUT2D eigenvalue weighted by Gasteiger charge is -2.20. The monoisotopic (exact) mass is 217 g/mol. The van der Waals surface area contributed by atoms with Gasteiger partial charge < -0.3 is 5.32 Å². The molecule has 16 heavy (non-hydrogen) atoms. The lowest BCUT2D eigenvalue weighted by atomic mass is 9.93. The number of nitrogens with one attached hydrogen (secondary N) is 1. The molecule has 0 heterocycles. The fourth-order valence-corrected chi connectivity index (χ4v) is 2.45. The molecule has 88 valence electrons. The van der Waals surface area contributed by atoms with Crippen LogP contribution in [0.4, 0.5) is 0 Å². The third kappa shape index (κ3) is 2.46. The Balaban J connectivity index is 2.25. The van der Waals surface area contributed by atoms with Gasteiger partial charge in [-0.3, -0.25) is 0 Å². The molecule has 1 nitrogen and oxygen atoms in total. The van der Waals surface area contributed by atoms with Crippen LogP contribution < -0.4 is 5.32 Å². The van der Waals surface area contributed by atoms with Gasteiger partial charge in [0.05, 0.1) is 0 Å². The lowest BCUT2D eigenvalue weighted by molar-refractivity contribution is 0.512. The number of aryl methyl sites for hydroxylation is 3. The van der Waals surface area contributed by atoms with Gasteiger partial charge in [-0.15, -0.1) is 0 Å². The molecule has 0 spiro atoms. The third-order valence-electron chi connectivity index (χ3n) is 3.87. The molecule has 1 fully saturated rings. The second-order valence-electron chi connectivity index (χ2n) is 5.31. The molecule has 1 unspecified atom stereocenters. The lowest BCUT2D eigenvalue weighted by Crippen LogP contribution is -2.18. The number of hydrogen-bond acceptors (Lipinski definition) is 1. The minimum Gasteiger partial charge on any atom is -0.313 e. The molecule has 1 aliphatic rings. The summed E-state index contributed by atoms with van der Waals surface area (Å²) in [5.41, 5.74) is 5.75. The number of rotatable bonds is 4. The number of benzene rings is 1. The van der Waals surface area contributed by atoms with Crippen molar-refractivity contribution >= 4 is 0 Å². The Morgan fingerprint density at radius 2 is 1.75 bits per heavy atom. The summed E-state index contributed by atoms with van der Waals surface area (Å²) in [6, 6.07) is 5.24. The van der Waals surface area contributed by atoms with Crippen LogP contribution in [-0.2, 0) is 0 Å². The summed E-state index contributed by atoms with van der Waals surface area (Å²) < 4.78 is 0. The van der Waals surface area contributed by atoms with E-state index in [2.05, 4.69) is 45.3 Å². The molecular formula is C15H23N. The fourth-order valence-electron chi connectivity index (χ4n) is 2.45. The average molecular weight is 217 g/mol. The second-order valence-corrected chi connectivity index (χ2v) is 5.31. The Kier molecular flexibility index (Phi) is 3.34. The van der Waals surface area contributed by atoms with E-state index in [1.54, 1.807) is 0 Å². The summed E-state index contributed by atoms with van der Waals surface area (Å²) in [5, 5.41) is 3.48. The van der Waals surface area contributed by atoms with E-state index in [0.29, 0.717) is 6.04 Å². The minimum absolute atomic E-state index is 0.548. The Bertz CT molecular complexity index is 377. The maximum Gasteiger partial charge on any atom is 0.0322 e. The van der Waals surface area contributed by atoms with Gasteiger partial charge in [0.2, 0.25) is 0 Å². The summed E-state index contributed by atoms with van der Waals surface area (Å²) in [6.07, 6.45) is 4.17. The van der Waals surface area contributed by atoms with Crippen molar-refractivity contribution in [1.82, 2.24) is 5.32 Å². The SMILES string of the molecule is CNC(CC1CC1)c1cc(C)c(C)cc1C. The van der Waals surface area contributed by atoms with E-state index < -0.39 is 0 Å². The highest BCUT2D eigenvalue weighted by atomic mass is 14.9. The van der Waals surface area contributed by atoms with Gasteiger partial charge in [-0.1, -0.05) is 25.0 Å². The highest BCUT2D eigenvalue weighted by Crippen LogP contribution is 2.38. The Hall–Kier alpha value is -0.820. The third-order valence-corrected chi connectivity index (χ3v) is 3.87. The number of hydrogen-bond donors (Lipinski definition) is 1. The molecular weight excluding hydrogens is 194 g/mol. The molecule has 0 aromatic heterocycles. The van der Waals surface area contributed by atoms with Gasteiger partial charge in [0.25, 0.3) is 0 Å². The van der Waals surface area contributed by atoms with Gasteiger partial charge in [-0.05, 0) is 62.4 Å². The molecule has 0 radical (unpaired) electrons. The van der Waals surface area contributed by atoms with Gasteiger partial charge in [0, 0.05) is 6.04 Å². The largest absolute Gasteiger partial charge is 0.313 e. The topological polar surface area (TPSA) is 12.0 Å². The van der Waals surface area contributed by atoms with Crippen molar-refractivity contribution in [1.29, 1.82) is 0 Å². The van der Waals surface area contributed by atoms with Crippen molar-refractivity contribution in [3.63, 3.8) is 0 Å². The molecule has 1 N–H and O–H groups in total. The zero-order chi connectivity index (χ0) is 11.7. The normalized spacial score (nSPS) is 17.5. The van der Waals surface area contributed by atoms with Gasteiger partial charge >= 0.3 is 0 Å². The van der Waals surface area contributed by atoms with E-state index in [1.165, 1.54) is 41.5 Å². The molecule has 0 bridgehead atoms. The fraction of sp³-hybridized carbons (Fsp3) is 0.600. The van der Waals surface area contributed by atoms with Crippen molar-refractivity contribution in [3.05, 3.63) is 34.4 Å². The maximum atomic E-state index is 3.48. The van der Waals surface area contributed by atoms with E-state index in [0.717, 1.165) is 5.92 Å². The van der Waals surface area contributed by atoms with Gasteiger partial charge in [-0.25, -0.2) is 0 Å². The Morgan fingerprint density at radius 3 is 2.31 bits per heavy atom. The summed E-state index contributed by atoms with van der Waals surface area (Å²) in [4.78, 5) is 0. The molecule has 1 aromatic rings. The molecule has 0 amide bonds. The molecule has 1 aromatic carbocycles. The van der Waals surface area contributed by atoms with Crippen LogP contribution in [0.2, 0.25) is 0 Å². The molecule has 1 saturated carbocycles. The van der Waals surface area contributed by atoms with Crippen LogP contribution in [0.1, 0.15) is 47.6 Å². The van der Waals surface area contributed by atoms with Crippen molar-refractivity contribution in [2.45, 2.75) is 46.1 Å². The predicted molar refractivity (Wildman–Crippen MR) is 69.8 cm³/mol. The molecule has 2 rings (SSSR count). The molecule has 1 aliphatic carbocycles. The van der Waals surface area contributed by atoms with E-state index in [4.69, 9.17) is 0 Å². The van der Waals surface area contributed by atoms with E-state index in [1.807, 2.05) is 0 Å². The first-order valence-electron chi connectivity index (χ1n) is 6.37. The Morgan fingerprint density at radius 1 is 1.12 bits per heavy atom. The van der Waals surface area contributed by atoms with Gasteiger partial charge in [0.15, 0.2) is 0 Å². The van der Waals surface area contributed by atoms with Gasteiger partial charge in [-0.2, -0.15) is 0 Å². The van der Waals surface area contributed by atoms with Crippen LogP contribution in [-0.4, -0.2) is 7.05 Å². The summed E-state index contributed by atoms with van der Waals surface area (Å²) in [7, 11) is 2.08. The van der Waals surface area contributed by atoms with Crippen LogP contribution in [0.5, 0.6) is 0 Å². The van der Waals surface area contributed by atoms with Crippen molar-refractivity contribution in [3.8, 4) is 0 Å². The zero-order valence-corrected chi connectivity index (χ0v) is 10.9. The second kappa shape index (κ2) is 4.58. The van der Waals surface area contributed by atoms with E-state index in [-0.39, 0.29) is 0 Å². The van der Waals surface area contributed by atoms with E-state index >= 15 is 0 Å². The zero-order valence-electron chi connectivity index (χ0n) is 10.9. The van der Waals surface area contributed by atoms with E-state index in [9.17, 15) is 0 Å². The maximum absolute atomic E-state index is 3.48. The van der Waals surface area contributed by atoms with Crippen LogP contribution >= 0.6 is 0 Å². The van der Waals surface area contributed by atoms with Crippen molar-refractivity contribution < 1.29 is 0 Å². The highest BCUT2D eigenvalue weighted by Gasteiger charge is 2.26. The highest BCUT2D eigenvalue weighted by molar-refractivity contribution is 5.38. The van der Waals surface area contributed by atoms with Crippen LogP contribution in [0.15, 0.2) is 12.1 Å². The van der Waals surface area contributed by atoms with Crippen molar-refractivity contribution in [2.75, 3.05) is 7.05 Å². The standard InChI is InChI=1S/C15H23N/c1-10-7-12(3)14(8-11(10)2)15(16-4)9-13-5-6-13/h7-8,13,15-16H,5-6,9H2,1-4H3. The quantitative estimate of drug-likeness (QED) is 0.811. The smallest absolute Gasteiger partial charge is 0.0322 e. The minimum atomic E-state index is 0.548. The predicted octanol–water partition coefficient (Wildman–Crippen LogP) is 3.67. The summed E-state index contributed by atoms with van der Waals surface area (Å²) in [5.74, 6) is 0.971. The molecule has 1 heteroatoms. The van der Waals surface area contributed by atoms with Crippen LogP contribution in [0, 0.1) is 26.7 Å². The van der Waals surface area contributed by atoms with Gasteiger partial charge in [0.1, 0.15) is 0 Å². The Labute approximate surface area is 99.3 Å². The first-order chi connectivity index (χ1) is 7.61. The first kappa shape index (κ1) is 11.7. The molecule has 1 atom stereocenters. The van der Waals surface area contributed by atoms with Crippen LogP contribution in [0.3, 0.4) is 0 Å². The molecule has 0 aliphatic heterocycles. The summed E-state index contributed by atoms with van der Waals surface area (Å²) >= 11 is 0. The molecule has 0 saturated heterocycles. The van der Waals surface area contributed by atoms with Crippen LogP contribution in [0.25, 0.3) is 0 Å². The first-order valence-corrected chi connectivity index (χ1v) is 6.37. The average Bonchev–Trinajstić information content (AvgIpc) is 3.04.